The molecule has 0 amide bonds. The molecule has 1 aliphatic carbocycles. The second-order valence-electron chi connectivity index (χ2n) is 25.0. The number of rotatable bonds is 2. The van der Waals surface area contributed by atoms with E-state index in [9.17, 15) is 0 Å². The average Bonchev–Trinajstić information content (AvgIpc) is 3.64. The van der Waals surface area contributed by atoms with Crippen LogP contribution in [0.15, 0.2) is 158 Å². The number of fused-ring (bicyclic) bond motifs is 11. The first-order chi connectivity index (χ1) is 33.2. The third kappa shape index (κ3) is 6.27. The van der Waals surface area contributed by atoms with Crippen LogP contribution in [0.1, 0.15) is 105 Å². The van der Waals surface area contributed by atoms with Crippen molar-refractivity contribution < 1.29 is 0 Å². The largest absolute Gasteiger partial charge is 0.0616 e. The summed E-state index contributed by atoms with van der Waals surface area (Å²) in [7, 11) is 0. The molecule has 0 saturated heterocycles. The van der Waals surface area contributed by atoms with Crippen molar-refractivity contribution in [3.63, 3.8) is 0 Å². The van der Waals surface area contributed by atoms with Crippen molar-refractivity contribution in [3.05, 3.63) is 180 Å². The van der Waals surface area contributed by atoms with Gasteiger partial charge in [-0.25, -0.2) is 0 Å². The monoisotopic (exact) mass is 902 g/mol. The van der Waals surface area contributed by atoms with Crippen LogP contribution >= 0.6 is 0 Å². The van der Waals surface area contributed by atoms with Crippen LogP contribution in [0.25, 0.3) is 131 Å². The van der Waals surface area contributed by atoms with Crippen molar-refractivity contribution in [3.8, 4) is 44.5 Å². The molecule has 0 N–H and O–H groups in total. The molecule has 0 nitrogen and oxygen atoms in total. The van der Waals surface area contributed by atoms with Crippen LogP contribution in [-0.2, 0) is 21.7 Å². The highest BCUT2D eigenvalue weighted by Gasteiger charge is 2.35. The van der Waals surface area contributed by atoms with Crippen molar-refractivity contribution in [2.24, 2.45) is 0 Å². The molecule has 0 saturated carbocycles. The quantitative estimate of drug-likeness (QED) is 0.120. The van der Waals surface area contributed by atoms with Gasteiger partial charge in [0.1, 0.15) is 0 Å². The van der Waals surface area contributed by atoms with Gasteiger partial charge in [-0.3, -0.25) is 0 Å². The van der Waals surface area contributed by atoms with Gasteiger partial charge in [-0.2, -0.15) is 0 Å². The Morgan fingerprint density at radius 2 is 0.614 bits per heavy atom. The predicted molar refractivity (Wildman–Crippen MR) is 308 cm³/mol. The zero-order valence-electron chi connectivity index (χ0n) is 43.0. The van der Waals surface area contributed by atoms with Gasteiger partial charge in [0, 0.05) is 0 Å². The Kier molecular flexibility index (Phi) is 8.79. The summed E-state index contributed by atoms with van der Waals surface area (Å²) in [6, 6.07) is 62.3. The molecule has 0 heteroatoms. The molecule has 13 rings (SSSR count). The number of hydrogen-bond donors (Lipinski definition) is 0. The maximum Gasteiger partial charge on any atom is -0.000718 e. The van der Waals surface area contributed by atoms with Gasteiger partial charge in [-0.1, -0.05) is 210 Å². The smallest absolute Gasteiger partial charge is 0.000718 e. The first kappa shape index (κ1) is 43.0. The summed E-state index contributed by atoms with van der Waals surface area (Å²) >= 11 is 0. The average molecular weight is 903 g/mol. The molecule has 0 fully saturated rings. The summed E-state index contributed by atoms with van der Waals surface area (Å²) in [5.74, 6) is 0. The molecule has 0 spiro atoms. The van der Waals surface area contributed by atoms with E-state index in [2.05, 4.69) is 241 Å². The molecule has 0 bridgehead atoms. The van der Waals surface area contributed by atoms with Gasteiger partial charge in [0.2, 0.25) is 0 Å². The lowest BCUT2D eigenvalue weighted by Crippen LogP contribution is -2.17. The zero-order valence-corrected chi connectivity index (χ0v) is 43.0. The van der Waals surface area contributed by atoms with Gasteiger partial charge < -0.3 is 0 Å². The van der Waals surface area contributed by atoms with E-state index in [0.29, 0.717) is 0 Å². The summed E-state index contributed by atoms with van der Waals surface area (Å²) in [6.45, 7) is 28.5. The Balaban J connectivity index is 1.34. The molecule has 0 heterocycles. The zero-order chi connectivity index (χ0) is 48.6. The van der Waals surface area contributed by atoms with Crippen LogP contribution in [0.3, 0.4) is 0 Å². The standard InChI is InChI=1S/C70H62/c1-67(2,3)46-28-44(29-47(35-46)68(4,5)6)61-57-37-55-51-23-16-15-22-50(51)53-32-41-18-13-14-19-42(41)33-54(53)56(55)38-58(57)62(45-30-48(69(7,8)9)36-49(31-45)70(10,11)12)66-59-34-43-21-17-20-39-24-25-40-26-27-52(65(61)66)64(59)63(40)60(39)43/h13-38H,1-12H3. The fourth-order valence-corrected chi connectivity index (χ4v) is 12.3. The number of hydrogen-bond acceptors (Lipinski definition) is 0. The first-order valence-corrected chi connectivity index (χ1v) is 25.6. The Labute approximate surface area is 413 Å². The minimum absolute atomic E-state index is 0.0639. The van der Waals surface area contributed by atoms with E-state index in [4.69, 9.17) is 0 Å². The third-order valence-electron chi connectivity index (χ3n) is 16.2. The van der Waals surface area contributed by atoms with Crippen LogP contribution < -0.4 is 0 Å². The summed E-state index contributed by atoms with van der Waals surface area (Å²) in [5, 5.41) is 21.0. The first-order valence-electron chi connectivity index (χ1n) is 25.6. The van der Waals surface area contributed by atoms with Gasteiger partial charge in [0.25, 0.3) is 0 Å². The highest BCUT2D eigenvalue weighted by atomic mass is 14.4. The molecule has 12 aromatic rings. The van der Waals surface area contributed by atoms with Gasteiger partial charge in [0.05, 0.1) is 0 Å². The summed E-state index contributed by atoms with van der Waals surface area (Å²) in [5.41, 5.74) is 15.8. The molecule has 0 radical (unpaired) electrons. The molecule has 0 aromatic heterocycles. The molecule has 70 heavy (non-hydrogen) atoms. The highest BCUT2D eigenvalue weighted by molar-refractivity contribution is 6.37. The minimum atomic E-state index is -0.0671. The van der Waals surface area contributed by atoms with Crippen molar-refractivity contribution in [1.82, 2.24) is 0 Å². The predicted octanol–water partition coefficient (Wildman–Crippen LogP) is 20.5. The van der Waals surface area contributed by atoms with Crippen LogP contribution in [-0.4, -0.2) is 0 Å². The van der Waals surface area contributed by atoms with Crippen molar-refractivity contribution in [2.75, 3.05) is 0 Å². The Morgan fingerprint density at radius 3 is 1.11 bits per heavy atom. The molecular formula is C70H62. The molecule has 0 unspecified atom stereocenters. The normalized spacial score (nSPS) is 13.4. The molecule has 0 aliphatic heterocycles. The summed E-state index contributed by atoms with van der Waals surface area (Å²) < 4.78 is 0. The minimum Gasteiger partial charge on any atom is -0.0616 e. The van der Waals surface area contributed by atoms with Gasteiger partial charge in [-0.05, 0) is 205 Å². The topological polar surface area (TPSA) is 0 Å². The summed E-state index contributed by atoms with van der Waals surface area (Å²) in [6.07, 6.45) is 0. The van der Waals surface area contributed by atoms with Gasteiger partial charge in [0.15, 0.2) is 0 Å². The Morgan fingerprint density at radius 1 is 0.229 bits per heavy atom. The maximum absolute atomic E-state index is 2.63. The SMILES string of the molecule is CC(C)(C)c1cc(-c2c3c(c(-c4cc(C(C)(C)C)cc(C(C)(C)C)c4)c4cc5c6cc7ccccc7cc6c6ccccc6c5cc24)-c2cc4cccc5ccc6ccc-3c2c6c54)cc(C(C)(C)C)c1. The maximum atomic E-state index is 2.63. The van der Waals surface area contributed by atoms with E-state index in [1.165, 1.54) is 153 Å². The van der Waals surface area contributed by atoms with Gasteiger partial charge in [-0.15, -0.1) is 0 Å². The Bertz CT molecular complexity index is 4170. The lowest BCUT2D eigenvalue weighted by atomic mass is 9.75. The highest BCUT2D eigenvalue weighted by Crippen LogP contribution is 2.61. The van der Waals surface area contributed by atoms with E-state index >= 15 is 0 Å². The second-order valence-corrected chi connectivity index (χ2v) is 25.0. The lowest BCUT2D eigenvalue weighted by molar-refractivity contribution is 0.568. The molecule has 342 valence electrons. The van der Waals surface area contributed by atoms with Crippen LogP contribution in [0.4, 0.5) is 0 Å². The van der Waals surface area contributed by atoms with Crippen molar-refractivity contribution in [1.29, 1.82) is 0 Å². The van der Waals surface area contributed by atoms with Crippen LogP contribution in [0.5, 0.6) is 0 Å². The molecule has 12 aromatic carbocycles. The lowest BCUT2D eigenvalue weighted by Gasteiger charge is -2.29. The number of benzene rings is 12. The fraction of sp³-hybridized carbons (Fsp3) is 0.229. The van der Waals surface area contributed by atoms with E-state index in [1.54, 1.807) is 0 Å². The van der Waals surface area contributed by atoms with Crippen molar-refractivity contribution >= 4 is 86.2 Å². The van der Waals surface area contributed by atoms with E-state index in [1.807, 2.05) is 0 Å². The van der Waals surface area contributed by atoms with Crippen molar-refractivity contribution in [2.45, 2.75) is 105 Å². The van der Waals surface area contributed by atoms with Crippen LogP contribution in [0, 0.1) is 0 Å². The third-order valence-corrected chi connectivity index (χ3v) is 16.2. The van der Waals surface area contributed by atoms with E-state index < -0.39 is 0 Å². The molecule has 1 aliphatic rings. The molecular weight excluding hydrogens is 841 g/mol. The molecule has 0 atom stereocenters. The second kappa shape index (κ2) is 14.3. The van der Waals surface area contributed by atoms with Crippen LogP contribution in [0.2, 0.25) is 0 Å². The fourth-order valence-electron chi connectivity index (χ4n) is 12.3. The van der Waals surface area contributed by atoms with Gasteiger partial charge >= 0.3 is 0 Å². The van der Waals surface area contributed by atoms with E-state index in [0.717, 1.165) is 0 Å². The Hall–Kier alpha value is -7.02. The summed E-state index contributed by atoms with van der Waals surface area (Å²) in [4.78, 5) is 0. The van der Waals surface area contributed by atoms with E-state index in [-0.39, 0.29) is 21.7 Å².